The minimum atomic E-state index is -0.815. The summed E-state index contributed by atoms with van der Waals surface area (Å²) in [6.07, 6.45) is 3.00. The molecule has 0 atom stereocenters. The van der Waals surface area contributed by atoms with E-state index in [9.17, 15) is 18.4 Å². The maximum Gasteiger partial charge on any atom is 0.317 e. The molecule has 2 aromatic rings. The Morgan fingerprint density at radius 2 is 1.48 bits per heavy atom. The summed E-state index contributed by atoms with van der Waals surface area (Å²) in [7, 11) is 0. The van der Waals surface area contributed by atoms with E-state index in [-0.39, 0.29) is 24.8 Å². The third-order valence-corrected chi connectivity index (χ3v) is 4.98. The van der Waals surface area contributed by atoms with E-state index in [0.29, 0.717) is 12.8 Å². The van der Waals surface area contributed by atoms with Crippen LogP contribution in [0, 0.1) is 11.6 Å². The molecule has 0 unspecified atom stereocenters. The highest BCUT2D eigenvalue weighted by Crippen LogP contribution is 2.42. The van der Waals surface area contributed by atoms with Crippen molar-refractivity contribution < 1.29 is 23.1 Å². The highest BCUT2D eigenvalue weighted by atomic mass is 19.1. The Hall–Kier alpha value is -2.76. The first-order valence-corrected chi connectivity index (χ1v) is 8.94. The number of ether oxygens (including phenoxy) is 1. The summed E-state index contributed by atoms with van der Waals surface area (Å²) >= 11 is 0. The smallest absolute Gasteiger partial charge is 0.317 e. The van der Waals surface area contributed by atoms with Crippen LogP contribution in [0.4, 0.5) is 8.78 Å². The van der Waals surface area contributed by atoms with Gasteiger partial charge in [-0.25, -0.2) is 8.78 Å². The van der Waals surface area contributed by atoms with Gasteiger partial charge in [-0.2, -0.15) is 0 Å². The Kier molecular flexibility index (Phi) is 5.84. The molecule has 0 aromatic heterocycles. The lowest BCUT2D eigenvalue weighted by Gasteiger charge is -2.27. The summed E-state index contributed by atoms with van der Waals surface area (Å²) in [6.45, 7) is -0.164. The number of amides is 1. The molecule has 0 spiro atoms. The van der Waals surface area contributed by atoms with Crippen molar-refractivity contribution in [3.05, 3.63) is 71.3 Å². The molecule has 1 aliphatic carbocycles. The van der Waals surface area contributed by atoms with Gasteiger partial charge in [0.25, 0.3) is 5.91 Å². The molecule has 1 N–H and O–H groups in total. The Balaban J connectivity index is 1.57. The normalized spacial score (nSPS) is 15.3. The summed E-state index contributed by atoms with van der Waals surface area (Å²) in [5.74, 6) is -1.59. The fraction of sp³-hybridized carbons (Fsp3) is 0.333. The lowest BCUT2D eigenvalue weighted by molar-refractivity contribution is -0.154. The van der Waals surface area contributed by atoms with E-state index >= 15 is 0 Å². The standard InChI is InChI=1S/C21H21F2NO3/c22-17-7-3-15(4-8-17)13-24-19(25)14-27-20(26)21(11-1-2-12-21)16-5-9-18(23)10-6-16/h3-10H,1-2,11-14H2,(H,24,25). The number of rotatable bonds is 6. The van der Waals surface area contributed by atoms with Crippen LogP contribution < -0.4 is 5.32 Å². The van der Waals surface area contributed by atoms with E-state index in [0.717, 1.165) is 24.0 Å². The number of nitrogens with one attached hydrogen (secondary N) is 1. The van der Waals surface area contributed by atoms with Crippen molar-refractivity contribution in [1.29, 1.82) is 0 Å². The number of hydrogen-bond donors (Lipinski definition) is 1. The van der Waals surface area contributed by atoms with Crippen molar-refractivity contribution >= 4 is 11.9 Å². The minimum absolute atomic E-state index is 0.222. The average molecular weight is 373 g/mol. The van der Waals surface area contributed by atoms with Crippen LogP contribution in [-0.2, 0) is 26.3 Å². The van der Waals surface area contributed by atoms with E-state index in [1.54, 1.807) is 24.3 Å². The fourth-order valence-corrected chi connectivity index (χ4v) is 3.48. The zero-order chi connectivity index (χ0) is 19.3. The molecule has 0 radical (unpaired) electrons. The second-order valence-corrected chi connectivity index (χ2v) is 6.78. The van der Waals surface area contributed by atoms with Gasteiger partial charge >= 0.3 is 5.97 Å². The van der Waals surface area contributed by atoms with Gasteiger partial charge in [-0.1, -0.05) is 37.1 Å². The van der Waals surface area contributed by atoms with Gasteiger partial charge in [0.15, 0.2) is 6.61 Å². The van der Waals surface area contributed by atoms with Crippen molar-refractivity contribution in [2.24, 2.45) is 0 Å². The number of hydrogen-bond acceptors (Lipinski definition) is 3. The molecule has 1 amide bonds. The fourth-order valence-electron chi connectivity index (χ4n) is 3.48. The Bertz CT molecular complexity index is 797. The molecule has 1 aliphatic rings. The number of carbonyl (C=O) groups excluding carboxylic acids is 2. The van der Waals surface area contributed by atoms with E-state index in [2.05, 4.69) is 5.32 Å². The largest absolute Gasteiger partial charge is 0.455 e. The summed E-state index contributed by atoms with van der Waals surface area (Å²) in [5, 5.41) is 2.64. The van der Waals surface area contributed by atoms with Crippen molar-refractivity contribution in [2.75, 3.05) is 6.61 Å². The summed E-state index contributed by atoms with van der Waals surface area (Å²) < 4.78 is 31.4. The number of carbonyl (C=O) groups is 2. The van der Waals surface area contributed by atoms with Gasteiger partial charge in [-0.15, -0.1) is 0 Å². The minimum Gasteiger partial charge on any atom is -0.455 e. The summed E-state index contributed by atoms with van der Waals surface area (Å²) in [5.41, 5.74) is 0.651. The second-order valence-electron chi connectivity index (χ2n) is 6.78. The lowest BCUT2D eigenvalue weighted by Crippen LogP contribution is -2.37. The van der Waals surface area contributed by atoms with Crippen LogP contribution in [-0.4, -0.2) is 18.5 Å². The van der Waals surface area contributed by atoms with Crippen molar-refractivity contribution in [1.82, 2.24) is 5.32 Å². The third-order valence-electron chi connectivity index (χ3n) is 4.98. The van der Waals surface area contributed by atoms with Gasteiger partial charge in [-0.05, 0) is 48.2 Å². The molecule has 0 heterocycles. The molecular formula is C21H21F2NO3. The molecule has 4 nitrogen and oxygen atoms in total. The van der Waals surface area contributed by atoms with Crippen molar-refractivity contribution in [3.63, 3.8) is 0 Å². The molecule has 0 bridgehead atoms. The molecule has 0 aliphatic heterocycles. The first-order valence-electron chi connectivity index (χ1n) is 8.94. The Morgan fingerprint density at radius 1 is 0.926 bits per heavy atom. The molecule has 27 heavy (non-hydrogen) atoms. The maximum absolute atomic E-state index is 13.2. The molecule has 1 fully saturated rings. The predicted octanol–water partition coefficient (Wildman–Crippen LogP) is 3.64. The zero-order valence-electron chi connectivity index (χ0n) is 14.8. The maximum atomic E-state index is 13.2. The van der Waals surface area contributed by atoms with E-state index in [4.69, 9.17) is 4.74 Å². The first-order chi connectivity index (χ1) is 13.0. The molecule has 0 saturated heterocycles. The predicted molar refractivity (Wildman–Crippen MR) is 95.8 cm³/mol. The van der Waals surface area contributed by atoms with Crippen LogP contribution in [0.2, 0.25) is 0 Å². The van der Waals surface area contributed by atoms with Gasteiger partial charge in [-0.3, -0.25) is 9.59 Å². The monoisotopic (exact) mass is 373 g/mol. The number of halogens is 2. The Labute approximate surface area is 156 Å². The molecular weight excluding hydrogens is 352 g/mol. The highest BCUT2D eigenvalue weighted by molar-refractivity contribution is 5.86. The Morgan fingerprint density at radius 3 is 2.07 bits per heavy atom. The molecule has 1 saturated carbocycles. The van der Waals surface area contributed by atoms with Crippen molar-refractivity contribution in [2.45, 2.75) is 37.6 Å². The van der Waals surface area contributed by atoms with E-state index in [1.165, 1.54) is 24.3 Å². The van der Waals surface area contributed by atoms with Crippen LogP contribution >= 0.6 is 0 Å². The van der Waals surface area contributed by atoms with Gasteiger partial charge in [0.05, 0.1) is 5.41 Å². The number of esters is 1. The summed E-state index contributed by atoms with van der Waals surface area (Å²) in [4.78, 5) is 24.7. The molecule has 142 valence electrons. The summed E-state index contributed by atoms with van der Waals surface area (Å²) in [6, 6.07) is 11.7. The van der Waals surface area contributed by atoms with Gasteiger partial charge < -0.3 is 10.1 Å². The van der Waals surface area contributed by atoms with Crippen LogP contribution in [0.25, 0.3) is 0 Å². The second kappa shape index (κ2) is 8.29. The van der Waals surface area contributed by atoms with Gasteiger partial charge in [0, 0.05) is 6.54 Å². The van der Waals surface area contributed by atoms with Crippen LogP contribution in [0.15, 0.2) is 48.5 Å². The molecule has 2 aromatic carbocycles. The molecule has 6 heteroatoms. The van der Waals surface area contributed by atoms with Crippen LogP contribution in [0.5, 0.6) is 0 Å². The van der Waals surface area contributed by atoms with E-state index < -0.39 is 17.3 Å². The van der Waals surface area contributed by atoms with Crippen LogP contribution in [0.1, 0.15) is 36.8 Å². The quantitative estimate of drug-likeness (QED) is 0.787. The number of benzene rings is 2. The topological polar surface area (TPSA) is 55.4 Å². The van der Waals surface area contributed by atoms with Gasteiger partial charge in [0.2, 0.25) is 0 Å². The lowest BCUT2D eigenvalue weighted by atomic mass is 9.79. The average Bonchev–Trinajstić information content (AvgIpc) is 3.17. The van der Waals surface area contributed by atoms with E-state index in [1.807, 2.05) is 0 Å². The van der Waals surface area contributed by atoms with Gasteiger partial charge in [0.1, 0.15) is 11.6 Å². The SMILES string of the molecule is O=C(COC(=O)C1(c2ccc(F)cc2)CCCC1)NCc1ccc(F)cc1. The highest BCUT2D eigenvalue weighted by Gasteiger charge is 2.44. The van der Waals surface area contributed by atoms with Crippen molar-refractivity contribution in [3.8, 4) is 0 Å². The third kappa shape index (κ3) is 4.51. The zero-order valence-corrected chi connectivity index (χ0v) is 14.8. The first kappa shape index (κ1) is 19.0. The molecule has 3 rings (SSSR count). The van der Waals surface area contributed by atoms with Crippen LogP contribution in [0.3, 0.4) is 0 Å².